The third-order valence-corrected chi connectivity index (χ3v) is 5.23. The molecule has 1 aliphatic heterocycles. The quantitative estimate of drug-likeness (QED) is 0.910. The summed E-state index contributed by atoms with van der Waals surface area (Å²) >= 11 is 0. The van der Waals surface area contributed by atoms with E-state index in [-0.39, 0.29) is 35.2 Å². The monoisotopic (exact) mass is 360 g/mol. The molecule has 1 aliphatic carbocycles. The van der Waals surface area contributed by atoms with Crippen molar-refractivity contribution in [2.45, 2.75) is 18.4 Å². The summed E-state index contributed by atoms with van der Waals surface area (Å²) in [5.74, 6) is -2.03. The minimum Gasteiger partial charge on any atom is -0.333 e. The lowest BCUT2D eigenvalue weighted by Crippen LogP contribution is -2.49. The molecule has 1 saturated carbocycles. The minimum absolute atomic E-state index is 0.0746. The molecule has 26 heavy (non-hydrogen) atoms. The summed E-state index contributed by atoms with van der Waals surface area (Å²) < 4.78 is 41.0. The molecule has 2 fully saturated rings. The highest BCUT2D eigenvalue weighted by atomic mass is 19.1. The first-order chi connectivity index (χ1) is 12.5. The van der Waals surface area contributed by atoms with Crippen LogP contribution in [0.2, 0.25) is 0 Å². The first-order valence-electron chi connectivity index (χ1n) is 8.76. The fourth-order valence-electron chi connectivity index (χ4n) is 3.80. The summed E-state index contributed by atoms with van der Waals surface area (Å²) in [5.41, 5.74) is 1.00. The van der Waals surface area contributed by atoms with E-state index in [0.717, 1.165) is 17.7 Å². The van der Waals surface area contributed by atoms with Gasteiger partial charge in [0.1, 0.15) is 17.5 Å². The largest absolute Gasteiger partial charge is 0.333 e. The molecular weight excluding hydrogens is 341 g/mol. The number of piperazine rings is 1. The molecule has 1 amide bonds. The van der Waals surface area contributed by atoms with Crippen LogP contribution in [-0.2, 0) is 4.79 Å². The molecule has 2 aromatic carbocycles. The average Bonchev–Trinajstić information content (AvgIpc) is 3.44. The molecule has 1 N–H and O–H groups in total. The van der Waals surface area contributed by atoms with Crippen molar-refractivity contribution in [3.8, 4) is 0 Å². The van der Waals surface area contributed by atoms with Gasteiger partial charge < -0.3 is 10.2 Å². The molecule has 0 spiro atoms. The minimum atomic E-state index is -0.501. The Morgan fingerprint density at radius 2 is 1.88 bits per heavy atom. The summed E-state index contributed by atoms with van der Waals surface area (Å²) in [6.07, 6.45) is 0.513. The highest BCUT2D eigenvalue weighted by Crippen LogP contribution is 2.50. The van der Waals surface area contributed by atoms with Gasteiger partial charge in [0.15, 0.2) is 0 Å². The van der Waals surface area contributed by atoms with Gasteiger partial charge in [0, 0.05) is 25.6 Å². The predicted molar refractivity (Wildman–Crippen MR) is 90.9 cm³/mol. The lowest BCUT2D eigenvalue weighted by atomic mass is 10.0. The Kier molecular flexibility index (Phi) is 4.44. The van der Waals surface area contributed by atoms with E-state index in [0.29, 0.717) is 26.1 Å². The van der Waals surface area contributed by atoms with Gasteiger partial charge in [0.25, 0.3) is 0 Å². The van der Waals surface area contributed by atoms with Crippen LogP contribution in [0, 0.1) is 23.4 Å². The number of hydrogen-bond acceptors (Lipinski definition) is 2. The van der Waals surface area contributed by atoms with Crippen LogP contribution in [0.25, 0.3) is 0 Å². The molecule has 4 rings (SSSR count). The van der Waals surface area contributed by atoms with Crippen molar-refractivity contribution in [3.05, 3.63) is 71.0 Å². The molecule has 3 atom stereocenters. The van der Waals surface area contributed by atoms with Gasteiger partial charge in [0.05, 0.1) is 6.04 Å². The molecule has 0 bridgehead atoms. The zero-order chi connectivity index (χ0) is 18.3. The third-order valence-electron chi connectivity index (χ3n) is 5.23. The Labute approximate surface area is 149 Å². The maximum atomic E-state index is 14.0. The normalized spacial score (nSPS) is 25.2. The molecule has 0 radical (unpaired) electrons. The Morgan fingerprint density at radius 3 is 2.69 bits per heavy atom. The van der Waals surface area contributed by atoms with Gasteiger partial charge >= 0.3 is 0 Å². The Balaban J connectivity index is 1.54. The Morgan fingerprint density at radius 1 is 1.08 bits per heavy atom. The topological polar surface area (TPSA) is 32.3 Å². The number of rotatable bonds is 3. The summed E-state index contributed by atoms with van der Waals surface area (Å²) in [7, 11) is 0. The highest BCUT2D eigenvalue weighted by Gasteiger charge is 2.48. The van der Waals surface area contributed by atoms with Crippen LogP contribution in [0.5, 0.6) is 0 Å². The Bertz CT molecular complexity index is 842. The van der Waals surface area contributed by atoms with Crippen LogP contribution in [-0.4, -0.2) is 30.4 Å². The fraction of sp³-hybridized carbons (Fsp3) is 0.350. The van der Waals surface area contributed by atoms with Gasteiger partial charge in [-0.25, -0.2) is 13.2 Å². The lowest BCUT2D eigenvalue weighted by molar-refractivity contribution is -0.136. The van der Waals surface area contributed by atoms with Gasteiger partial charge in [-0.2, -0.15) is 0 Å². The van der Waals surface area contributed by atoms with Crippen molar-refractivity contribution in [2.75, 3.05) is 19.6 Å². The van der Waals surface area contributed by atoms with Crippen LogP contribution < -0.4 is 5.32 Å². The first-order valence-corrected chi connectivity index (χ1v) is 8.76. The maximum absolute atomic E-state index is 14.0. The molecule has 136 valence electrons. The highest BCUT2D eigenvalue weighted by molar-refractivity contribution is 5.83. The van der Waals surface area contributed by atoms with Crippen LogP contribution in [0.3, 0.4) is 0 Å². The van der Waals surface area contributed by atoms with Crippen LogP contribution >= 0.6 is 0 Å². The SMILES string of the molecule is O=C(C1CC1c1cc(F)ccc1F)N1CCNCC1c1cccc(F)c1. The molecular formula is C20H19F3N2O. The van der Waals surface area contributed by atoms with Gasteiger partial charge in [0.2, 0.25) is 5.91 Å². The van der Waals surface area contributed by atoms with Gasteiger partial charge in [-0.3, -0.25) is 4.79 Å². The van der Waals surface area contributed by atoms with Crippen molar-refractivity contribution in [3.63, 3.8) is 0 Å². The number of carbonyl (C=O) groups excluding carboxylic acids is 1. The molecule has 1 saturated heterocycles. The summed E-state index contributed by atoms with van der Waals surface area (Å²) in [6.45, 7) is 1.71. The second-order valence-corrected chi connectivity index (χ2v) is 6.92. The number of hydrogen-bond donors (Lipinski definition) is 1. The molecule has 0 aromatic heterocycles. The summed E-state index contributed by atoms with van der Waals surface area (Å²) in [6, 6.07) is 9.34. The van der Waals surface area contributed by atoms with Crippen LogP contribution in [0.15, 0.2) is 42.5 Å². The zero-order valence-electron chi connectivity index (χ0n) is 14.1. The maximum Gasteiger partial charge on any atom is 0.226 e. The van der Waals surface area contributed by atoms with Crippen molar-refractivity contribution in [1.29, 1.82) is 0 Å². The van der Waals surface area contributed by atoms with Gasteiger partial charge in [-0.15, -0.1) is 0 Å². The van der Waals surface area contributed by atoms with E-state index >= 15 is 0 Å². The molecule has 3 nitrogen and oxygen atoms in total. The van der Waals surface area contributed by atoms with E-state index < -0.39 is 11.6 Å². The number of carbonyl (C=O) groups is 1. The molecule has 2 aliphatic rings. The van der Waals surface area contributed by atoms with Crippen LogP contribution in [0.1, 0.15) is 29.5 Å². The molecule has 6 heteroatoms. The first kappa shape index (κ1) is 17.1. The van der Waals surface area contributed by atoms with E-state index in [1.54, 1.807) is 17.0 Å². The van der Waals surface area contributed by atoms with E-state index in [9.17, 15) is 18.0 Å². The predicted octanol–water partition coefficient (Wildman–Crippen LogP) is 3.38. The molecule has 2 aromatic rings. The van der Waals surface area contributed by atoms with Crippen molar-refractivity contribution in [1.82, 2.24) is 10.2 Å². The van der Waals surface area contributed by atoms with Gasteiger partial charge in [-0.05, 0) is 53.8 Å². The number of halogens is 3. The number of amides is 1. The van der Waals surface area contributed by atoms with E-state index in [2.05, 4.69) is 5.32 Å². The third kappa shape index (κ3) is 3.21. The standard InChI is InChI=1S/C20H19F3N2O/c21-13-3-1-2-12(8-13)19-11-24-6-7-25(19)20(26)17-10-15(17)16-9-14(22)4-5-18(16)23/h1-5,8-9,15,17,19,24H,6-7,10-11H2. The Hall–Kier alpha value is -2.34. The van der Waals surface area contributed by atoms with Crippen molar-refractivity contribution < 1.29 is 18.0 Å². The number of benzene rings is 2. The van der Waals surface area contributed by atoms with E-state index in [1.807, 2.05) is 0 Å². The number of nitrogens with zero attached hydrogens (tertiary/aromatic N) is 1. The molecule has 1 heterocycles. The fourth-order valence-corrected chi connectivity index (χ4v) is 3.80. The van der Waals surface area contributed by atoms with E-state index in [4.69, 9.17) is 0 Å². The second-order valence-electron chi connectivity index (χ2n) is 6.92. The smallest absolute Gasteiger partial charge is 0.226 e. The zero-order valence-corrected chi connectivity index (χ0v) is 14.1. The van der Waals surface area contributed by atoms with Crippen molar-refractivity contribution >= 4 is 5.91 Å². The van der Waals surface area contributed by atoms with E-state index in [1.165, 1.54) is 18.2 Å². The summed E-state index contributed by atoms with van der Waals surface area (Å²) in [5, 5.41) is 3.23. The van der Waals surface area contributed by atoms with Crippen LogP contribution in [0.4, 0.5) is 13.2 Å². The lowest BCUT2D eigenvalue weighted by Gasteiger charge is -2.37. The summed E-state index contributed by atoms with van der Waals surface area (Å²) in [4.78, 5) is 14.7. The second kappa shape index (κ2) is 6.76. The number of nitrogens with one attached hydrogen (secondary N) is 1. The van der Waals surface area contributed by atoms with Crippen molar-refractivity contribution in [2.24, 2.45) is 5.92 Å². The average molecular weight is 360 g/mol. The van der Waals surface area contributed by atoms with Gasteiger partial charge in [-0.1, -0.05) is 12.1 Å². The molecule has 3 unspecified atom stereocenters.